The van der Waals surface area contributed by atoms with Gasteiger partial charge in [0, 0.05) is 12.6 Å². The number of nitrogens with one attached hydrogen (secondary N) is 1. The third-order valence-electron chi connectivity index (χ3n) is 3.45. The van der Waals surface area contributed by atoms with Crippen molar-refractivity contribution in [3.05, 3.63) is 23.8 Å². The molecule has 1 atom stereocenters. The summed E-state index contributed by atoms with van der Waals surface area (Å²) in [6.45, 7) is 8.58. The summed E-state index contributed by atoms with van der Waals surface area (Å²) in [4.78, 5) is 2.31. The molecule has 0 bridgehead atoms. The average molecular weight is 264 g/mol. The van der Waals surface area contributed by atoms with Crippen LogP contribution in [-0.4, -0.2) is 44.8 Å². The van der Waals surface area contributed by atoms with E-state index in [4.69, 9.17) is 9.47 Å². The summed E-state index contributed by atoms with van der Waals surface area (Å²) in [5.41, 5.74) is 1.26. The van der Waals surface area contributed by atoms with E-state index >= 15 is 0 Å². The fraction of sp³-hybridized carbons (Fsp3) is 0.600. The molecule has 1 aromatic carbocycles. The van der Waals surface area contributed by atoms with Gasteiger partial charge in [-0.1, -0.05) is 19.9 Å². The molecule has 1 aliphatic rings. The summed E-state index contributed by atoms with van der Waals surface area (Å²) in [5, 5.41) is 3.53. The molecule has 1 heterocycles. The van der Waals surface area contributed by atoms with Crippen LogP contribution in [0.15, 0.2) is 18.2 Å². The van der Waals surface area contributed by atoms with Gasteiger partial charge in [-0.25, -0.2) is 0 Å². The molecule has 0 fully saturated rings. The van der Waals surface area contributed by atoms with E-state index in [0.29, 0.717) is 19.3 Å². The zero-order valence-corrected chi connectivity index (χ0v) is 12.1. The molecule has 0 aromatic heterocycles. The van der Waals surface area contributed by atoms with E-state index < -0.39 is 0 Å². The Hall–Kier alpha value is -1.26. The standard InChI is InChI=1S/C15H24N2O2/c1-4-16-13(11-17(3)5-2)12-6-7-14-15(10-12)19-9-8-18-14/h6-7,10,13,16H,4-5,8-9,11H2,1-3H3. The molecule has 4 heteroatoms. The second kappa shape index (κ2) is 6.78. The van der Waals surface area contributed by atoms with Crippen molar-refractivity contribution in [1.82, 2.24) is 10.2 Å². The quantitative estimate of drug-likeness (QED) is 0.853. The first-order valence-electron chi connectivity index (χ1n) is 7.06. The molecule has 1 N–H and O–H groups in total. The molecule has 1 aromatic rings. The van der Waals surface area contributed by atoms with Crippen molar-refractivity contribution >= 4 is 0 Å². The fourth-order valence-electron chi connectivity index (χ4n) is 2.25. The molecule has 1 unspecified atom stereocenters. The maximum Gasteiger partial charge on any atom is 0.161 e. The largest absolute Gasteiger partial charge is 0.486 e. The Morgan fingerprint density at radius 2 is 1.95 bits per heavy atom. The first kappa shape index (κ1) is 14.2. The number of benzene rings is 1. The lowest BCUT2D eigenvalue weighted by Crippen LogP contribution is -2.33. The van der Waals surface area contributed by atoms with Gasteiger partial charge >= 0.3 is 0 Å². The Balaban J connectivity index is 2.16. The van der Waals surface area contributed by atoms with Gasteiger partial charge in [-0.2, -0.15) is 0 Å². The second-order valence-electron chi connectivity index (χ2n) is 4.87. The summed E-state index contributed by atoms with van der Waals surface area (Å²) in [6, 6.07) is 6.57. The zero-order chi connectivity index (χ0) is 13.7. The van der Waals surface area contributed by atoms with Crippen LogP contribution in [0.1, 0.15) is 25.5 Å². The summed E-state index contributed by atoms with van der Waals surface area (Å²) >= 11 is 0. The fourth-order valence-corrected chi connectivity index (χ4v) is 2.25. The van der Waals surface area contributed by atoms with Crippen LogP contribution in [0.3, 0.4) is 0 Å². The molecule has 0 spiro atoms. The topological polar surface area (TPSA) is 33.7 Å². The highest BCUT2D eigenvalue weighted by molar-refractivity contribution is 5.44. The molecule has 19 heavy (non-hydrogen) atoms. The minimum absolute atomic E-state index is 0.325. The zero-order valence-electron chi connectivity index (χ0n) is 12.1. The third kappa shape index (κ3) is 3.61. The van der Waals surface area contributed by atoms with Gasteiger partial charge in [-0.3, -0.25) is 0 Å². The monoisotopic (exact) mass is 264 g/mol. The van der Waals surface area contributed by atoms with Gasteiger partial charge < -0.3 is 19.7 Å². The molecule has 4 nitrogen and oxygen atoms in total. The van der Waals surface area contributed by atoms with Crippen molar-refractivity contribution < 1.29 is 9.47 Å². The summed E-state index contributed by atoms with van der Waals surface area (Å²) in [5.74, 6) is 1.72. The van der Waals surface area contributed by atoms with Gasteiger partial charge in [0.2, 0.25) is 0 Å². The predicted octanol–water partition coefficient (Wildman–Crippen LogP) is 2.06. The van der Waals surface area contributed by atoms with E-state index in [1.807, 2.05) is 6.07 Å². The van der Waals surface area contributed by atoms with Crippen LogP contribution < -0.4 is 14.8 Å². The second-order valence-corrected chi connectivity index (χ2v) is 4.87. The molecular formula is C15H24N2O2. The van der Waals surface area contributed by atoms with Crippen LogP contribution in [0.2, 0.25) is 0 Å². The number of likely N-dealkylation sites (N-methyl/N-ethyl adjacent to an activating group) is 2. The Bertz CT molecular complexity index is 409. The Morgan fingerprint density at radius 1 is 1.21 bits per heavy atom. The summed E-state index contributed by atoms with van der Waals surface area (Å²) < 4.78 is 11.2. The number of hydrogen-bond donors (Lipinski definition) is 1. The maximum absolute atomic E-state index is 5.66. The Kier molecular flexibility index (Phi) is 5.05. The van der Waals surface area contributed by atoms with Crippen LogP contribution in [0.25, 0.3) is 0 Å². The SMILES string of the molecule is CCNC(CN(C)CC)c1ccc2c(c1)OCCO2. The van der Waals surface area contributed by atoms with Gasteiger partial charge in [-0.05, 0) is 37.8 Å². The smallest absolute Gasteiger partial charge is 0.161 e. The van der Waals surface area contributed by atoms with E-state index in [0.717, 1.165) is 31.1 Å². The number of fused-ring (bicyclic) bond motifs is 1. The van der Waals surface area contributed by atoms with Gasteiger partial charge in [-0.15, -0.1) is 0 Å². The van der Waals surface area contributed by atoms with Crippen LogP contribution in [0.4, 0.5) is 0 Å². The lowest BCUT2D eigenvalue weighted by Gasteiger charge is -2.26. The van der Waals surface area contributed by atoms with Crippen molar-refractivity contribution in [2.24, 2.45) is 0 Å². The highest BCUT2D eigenvalue weighted by Crippen LogP contribution is 2.32. The summed E-state index contributed by atoms with van der Waals surface area (Å²) in [7, 11) is 2.14. The third-order valence-corrected chi connectivity index (χ3v) is 3.45. The highest BCUT2D eigenvalue weighted by Gasteiger charge is 2.17. The lowest BCUT2D eigenvalue weighted by atomic mass is 10.1. The van der Waals surface area contributed by atoms with Crippen molar-refractivity contribution in [3.8, 4) is 11.5 Å². The van der Waals surface area contributed by atoms with E-state index in [1.165, 1.54) is 5.56 Å². The molecule has 0 saturated carbocycles. The average Bonchev–Trinajstić information content (AvgIpc) is 2.46. The van der Waals surface area contributed by atoms with Gasteiger partial charge in [0.25, 0.3) is 0 Å². The molecule has 1 aliphatic heterocycles. The molecule has 0 aliphatic carbocycles. The van der Waals surface area contributed by atoms with Crippen molar-refractivity contribution in [1.29, 1.82) is 0 Å². The Morgan fingerprint density at radius 3 is 2.63 bits per heavy atom. The molecule has 2 rings (SSSR count). The van der Waals surface area contributed by atoms with Gasteiger partial charge in [0.05, 0.1) is 0 Å². The van der Waals surface area contributed by atoms with E-state index in [9.17, 15) is 0 Å². The van der Waals surface area contributed by atoms with Crippen molar-refractivity contribution in [3.63, 3.8) is 0 Å². The van der Waals surface area contributed by atoms with E-state index in [1.54, 1.807) is 0 Å². The normalized spacial score (nSPS) is 15.6. The first-order valence-corrected chi connectivity index (χ1v) is 7.06. The highest BCUT2D eigenvalue weighted by atomic mass is 16.6. The van der Waals surface area contributed by atoms with Crippen LogP contribution in [-0.2, 0) is 0 Å². The minimum Gasteiger partial charge on any atom is -0.486 e. The lowest BCUT2D eigenvalue weighted by molar-refractivity contribution is 0.171. The van der Waals surface area contributed by atoms with Gasteiger partial charge in [0.1, 0.15) is 13.2 Å². The molecule has 0 radical (unpaired) electrons. The number of ether oxygens (including phenoxy) is 2. The molecular weight excluding hydrogens is 240 g/mol. The van der Waals surface area contributed by atoms with Crippen molar-refractivity contribution in [2.75, 3.05) is 39.9 Å². The first-order chi connectivity index (χ1) is 9.24. The van der Waals surface area contributed by atoms with Gasteiger partial charge in [0.15, 0.2) is 11.5 Å². The maximum atomic E-state index is 5.66. The van der Waals surface area contributed by atoms with E-state index in [-0.39, 0.29) is 0 Å². The number of nitrogens with zero attached hydrogens (tertiary/aromatic N) is 1. The molecule has 0 saturated heterocycles. The van der Waals surface area contributed by atoms with Crippen molar-refractivity contribution in [2.45, 2.75) is 19.9 Å². The predicted molar refractivity (Wildman–Crippen MR) is 77.0 cm³/mol. The summed E-state index contributed by atoms with van der Waals surface area (Å²) in [6.07, 6.45) is 0. The molecule has 0 amide bonds. The minimum atomic E-state index is 0.325. The van der Waals surface area contributed by atoms with E-state index in [2.05, 4.69) is 43.2 Å². The molecule has 106 valence electrons. The number of rotatable bonds is 6. The Labute approximate surface area is 115 Å². The number of hydrogen-bond acceptors (Lipinski definition) is 4. The van der Waals surface area contributed by atoms with Crippen LogP contribution in [0, 0.1) is 0 Å². The van der Waals surface area contributed by atoms with Crippen LogP contribution in [0.5, 0.6) is 11.5 Å². The van der Waals surface area contributed by atoms with Crippen LogP contribution >= 0.6 is 0 Å².